The van der Waals surface area contributed by atoms with Crippen LogP contribution in [0.3, 0.4) is 0 Å². The molecule has 0 bridgehead atoms. The van der Waals surface area contributed by atoms with Crippen molar-refractivity contribution in [2.45, 2.75) is 0 Å². The Bertz CT molecular complexity index is 3040. The highest BCUT2D eigenvalue weighted by atomic mass is 16.4. The van der Waals surface area contributed by atoms with E-state index in [1.807, 2.05) is 30.3 Å². The zero-order chi connectivity index (χ0) is 29.9. The molecule has 4 heterocycles. The van der Waals surface area contributed by atoms with Gasteiger partial charge >= 0.3 is 6.01 Å². The molecule has 0 saturated carbocycles. The first-order valence-corrected chi connectivity index (χ1v) is 15.5. The lowest BCUT2D eigenvalue weighted by atomic mass is 10.1. The number of aromatic nitrogens is 3. The van der Waals surface area contributed by atoms with Crippen LogP contribution >= 0.6 is 0 Å². The standard InChI is InChI=1S/C41H23N3O2/c1-2-10-25-22-36-30(21-24(25)9-1)27-11-3-6-14-33(27)43(36)26-17-19-35-31(23-26)28-12-4-7-15-34(28)44(35)41-42-32-18-20-38-39(40(32)46-41)29-13-5-8-16-37(29)45-38/h1-23H. The van der Waals surface area contributed by atoms with E-state index in [0.717, 1.165) is 60.5 Å². The second-order valence-corrected chi connectivity index (χ2v) is 12.0. The molecule has 0 aliphatic rings. The Kier molecular flexibility index (Phi) is 4.52. The summed E-state index contributed by atoms with van der Waals surface area (Å²) in [6, 6.07) is 49.7. The zero-order valence-electron chi connectivity index (χ0n) is 24.4. The van der Waals surface area contributed by atoms with Crippen molar-refractivity contribution in [3.8, 4) is 11.7 Å². The van der Waals surface area contributed by atoms with Gasteiger partial charge in [0.1, 0.15) is 16.7 Å². The van der Waals surface area contributed by atoms with Crippen LogP contribution in [0, 0.1) is 0 Å². The monoisotopic (exact) mass is 589 g/mol. The van der Waals surface area contributed by atoms with Gasteiger partial charge in [0.25, 0.3) is 0 Å². The minimum atomic E-state index is 0.537. The van der Waals surface area contributed by atoms with Gasteiger partial charge in [-0.25, -0.2) is 0 Å². The van der Waals surface area contributed by atoms with Crippen molar-refractivity contribution in [3.63, 3.8) is 0 Å². The van der Waals surface area contributed by atoms with Gasteiger partial charge in [0.15, 0.2) is 5.58 Å². The average Bonchev–Trinajstić information content (AvgIpc) is 3.85. The molecule has 0 amide bonds. The van der Waals surface area contributed by atoms with Crippen molar-refractivity contribution in [2.24, 2.45) is 0 Å². The van der Waals surface area contributed by atoms with Gasteiger partial charge < -0.3 is 13.4 Å². The fourth-order valence-electron chi connectivity index (χ4n) is 7.52. The third-order valence-corrected chi connectivity index (χ3v) is 9.53. The molecule has 7 aromatic carbocycles. The maximum absolute atomic E-state index is 6.65. The maximum Gasteiger partial charge on any atom is 0.307 e. The number of nitrogens with zero attached hydrogens (tertiary/aromatic N) is 3. The van der Waals surface area contributed by atoms with E-state index >= 15 is 0 Å². The molecule has 5 heteroatoms. The Hall–Kier alpha value is -6.33. The SMILES string of the molecule is c1ccc2cc3c(cc2c1)c1ccccc1n3-c1ccc2c(c1)c1ccccc1n2-c1nc2ccc3oc4ccccc4c3c2o1. The van der Waals surface area contributed by atoms with Crippen molar-refractivity contribution >= 4 is 87.4 Å². The molecule has 5 nitrogen and oxygen atoms in total. The minimum absolute atomic E-state index is 0.537. The summed E-state index contributed by atoms with van der Waals surface area (Å²) < 4.78 is 17.3. The second kappa shape index (κ2) is 8.65. The smallest absolute Gasteiger partial charge is 0.307 e. The molecule has 0 spiro atoms. The van der Waals surface area contributed by atoms with Crippen LogP contribution in [0.4, 0.5) is 0 Å². The predicted molar refractivity (Wildman–Crippen MR) is 187 cm³/mol. The molecule has 11 aromatic rings. The summed E-state index contributed by atoms with van der Waals surface area (Å²) in [4.78, 5) is 5.02. The van der Waals surface area contributed by atoms with Gasteiger partial charge in [0, 0.05) is 32.6 Å². The van der Waals surface area contributed by atoms with E-state index in [2.05, 4.69) is 118 Å². The summed E-state index contributed by atoms with van der Waals surface area (Å²) >= 11 is 0. The molecule has 0 radical (unpaired) electrons. The van der Waals surface area contributed by atoms with E-state index in [1.54, 1.807) is 0 Å². The molecule has 46 heavy (non-hydrogen) atoms. The predicted octanol–water partition coefficient (Wildman–Crippen LogP) is 11.1. The molecule has 0 atom stereocenters. The Morgan fingerprint density at radius 2 is 1.09 bits per heavy atom. The van der Waals surface area contributed by atoms with E-state index in [4.69, 9.17) is 13.8 Å². The van der Waals surface area contributed by atoms with Crippen molar-refractivity contribution in [3.05, 3.63) is 140 Å². The lowest BCUT2D eigenvalue weighted by molar-refractivity contribution is 0.577. The number of oxazole rings is 1. The fourth-order valence-corrected chi connectivity index (χ4v) is 7.52. The van der Waals surface area contributed by atoms with Gasteiger partial charge in [-0.15, -0.1) is 0 Å². The Balaban J connectivity index is 1.19. The number of hydrogen-bond donors (Lipinski definition) is 0. The van der Waals surface area contributed by atoms with Gasteiger partial charge in [-0.1, -0.05) is 78.9 Å². The fraction of sp³-hybridized carbons (Fsp3) is 0. The number of hydrogen-bond acceptors (Lipinski definition) is 3. The Morgan fingerprint density at radius 1 is 0.435 bits per heavy atom. The highest BCUT2D eigenvalue weighted by molar-refractivity contribution is 6.17. The largest absolute Gasteiger partial charge is 0.456 e. The maximum atomic E-state index is 6.65. The first-order chi connectivity index (χ1) is 22.8. The molecular formula is C41H23N3O2. The summed E-state index contributed by atoms with van der Waals surface area (Å²) in [6.07, 6.45) is 0. The van der Waals surface area contributed by atoms with E-state index in [-0.39, 0.29) is 0 Å². The van der Waals surface area contributed by atoms with E-state index < -0.39 is 0 Å². The molecule has 0 saturated heterocycles. The molecule has 0 aliphatic heterocycles. The summed E-state index contributed by atoms with van der Waals surface area (Å²) in [7, 11) is 0. The Labute approximate surface area is 261 Å². The van der Waals surface area contributed by atoms with Crippen LogP contribution in [0.15, 0.2) is 148 Å². The van der Waals surface area contributed by atoms with E-state index in [1.165, 1.54) is 32.6 Å². The third kappa shape index (κ3) is 3.11. The number of fused-ring (bicyclic) bond motifs is 12. The lowest BCUT2D eigenvalue weighted by Gasteiger charge is -2.09. The first kappa shape index (κ1) is 24.0. The van der Waals surface area contributed by atoms with Gasteiger partial charge in [-0.3, -0.25) is 4.57 Å². The quantitative estimate of drug-likeness (QED) is 0.202. The third-order valence-electron chi connectivity index (χ3n) is 9.53. The van der Waals surface area contributed by atoms with Crippen LogP contribution in [-0.4, -0.2) is 14.1 Å². The van der Waals surface area contributed by atoms with E-state index in [0.29, 0.717) is 6.01 Å². The van der Waals surface area contributed by atoms with Crippen LogP contribution in [0.1, 0.15) is 0 Å². The minimum Gasteiger partial charge on any atom is -0.456 e. The lowest BCUT2D eigenvalue weighted by Crippen LogP contribution is -1.96. The average molecular weight is 590 g/mol. The van der Waals surface area contributed by atoms with Crippen molar-refractivity contribution < 1.29 is 8.83 Å². The molecule has 0 fully saturated rings. The highest BCUT2D eigenvalue weighted by Crippen LogP contribution is 2.40. The Morgan fingerprint density at radius 3 is 1.91 bits per heavy atom. The normalized spacial score (nSPS) is 12.3. The molecule has 0 N–H and O–H groups in total. The van der Waals surface area contributed by atoms with Crippen LogP contribution in [0.25, 0.3) is 99.1 Å². The molecule has 4 aromatic heterocycles. The molecule has 0 aliphatic carbocycles. The van der Waals surface area contributed by atoms with Crippen LogP contribution in [0.2, 0.25) is 0 Å². The number of furan rings is 1. The number of para-hydroxylation sites is 3. The van der Waals surface area contributed by atoms with Crippen molar-refractivity contribution in [2.75, 3.05) is 0 Å². The van der Waals surface area contributed by atoms with Gasteiger partial charge in [0.05, 0.1) is 27.5 Å². The number of benzene rings is 7. The van der Waals surface area contributed by atoms with Gasteiger partial charge in [-0.2, -0.15) is 4.98 Å². The van der Waals surface area contributed by atoms with Crippen molar-refractivity contribution in [1.82, 2.24) is 14.1 Å². The number of rotatable bonds is 2. The van der Waals surface area contributed by atoms with Crippen LogP contribution in [0.5, 0.6) is 0 Å². The molecule has 214 valence electrons. The van der Waals surface area contributed by atoms with Crippen LogP contribution < -0.4 is 0 Å². The topological polar surface area (TPSA) is 49.0 Å². The van der Waals surface area contributed by atoms with Gasteiger partial charge in [0.2, 0.25) is 0 Å². The second-order valence-electron chi connectivity index (χ2n) is 12.0. The van der Waals surface area contributed by atoms with Crippen LogP contribution in [-0.2, 0) is 0 Å². The van der Waals surface area contributed by atoms with Crippen molar-refractivity contribution in [1.29, 1.82) is 0 Å². The molecule has 11 rings (SSSR count). The van der Waals surface area contributed by atoms with Gasteiger partial charge in [-0.05, 0) is 71.4 Å². The highest BCUT2D eigenvalue weighted by Gasteiger charge is 2.21. The summed E-state index contributed by atoms with van der Waals surface area (Å²) in [5, 5.41) is 9.23. The molecule has 0 unspecified atom stereocenters. The van der Waals surface area contributed by atoms with E-state index in [9.17, 15) is 0 Å². The molecular weight excluding hydrogens is 566 g/mol. The first-order valence-electron chi connectivity index (χ1n) is 15.5. The summed E-state index contributed by atoms with van der Waals surface area (Å²) in [6.45, 7) is 0. The zero-order valence-corrected chi connectivity index (χ0v) is 24.4. The summed E-state index contributed by atoms with van der Waals surface area (Å²) in [5.74, 6) is 0. The summed E-state index contributed by atoms with van der Waals surface area (Å²) in [5.41, 5.74) is 8.74.